The number of phenols is 1. The van der Waals surface area contributed by atoms with Crippen molar-refractivity contribution in [3.63, 3.8) is 0 Å². The number of thioether (sulfide) groups is 1. The third-order valence-electron chi connectivity index (χ3n) is 11.3. The van der Waals surface area contributed by atoms with Crippen molar-refractivity contribution in [3.05, 3.63) is 102 Å². The third kappa shape index (κ3) is 14.8. The fourth-order valence-electron chi connectivity index (χ4n) is 7.64. The molecule has 0 bridgehead atoms. The predicted octanol–water partition coefficient (Wildman–Crippen LogP) is -2.83. The van der Waals surface area contributed by atoms with E-state index < -0.39 is 126 Å². The van der Waals surface area contributed by atoms with Crippen LogP contribution >= 0.6 is 11.8 Å². The summed E-state index contributed by atoms with van der Waals surface area (Å²) in [5.74, 6) is -8.02. The smallest absolute Gasteiger partial charge is 0.248 e. The van der Waals surface area contributed by atoms with E-state index >= 15 is 0 Å². The van der Waals surface area contributed by atoms with Gasteiger partial charge in [0.1, 0.15) is 48.0 Å². The summed E-state index contributed by atoms with van der Waals surface area (Å²) in [4.78, 5) is 124. The zero-order chi connectivity index (χ0) is 49.5. The summed E-state index contributed by atoms with van der Waals surface area (Å²) in [6.45, 7) is 0.317. The molecule has 0 radical (unpaired) electrons. The lowest BCUT2D eigenvalue weighted by atomic mass is 10.0. The molecule has 13 N–H and O–H groups in total. The number of carbonyl (C=O) groups is 9. The Kier molecular flexibility index (Phi) is 19.0. The molecule has 3 aromatic carbocycles. The van der Waals surface area contributed by atoms with E-state index in [1.807, 2.05) is 0 Å². The second kappa shape index (κ2) is 24.8. The van der Waals surface area contributed by atoms with Crippen LogP contribution in [0.5, 0.6) is 5.75 Å². The van der Waals surface area contributed by atoms with Crippen molar-refractivity contribution < 1.29 is 58.5 Å². The van der Waals surface area contributed by atoms with Crippen molar-refractivity contribution >= 4 is 64.1 Å². The van der Waals surface area contributed by atoms with Crippen molar-refractivity contribution in [2.24, 2.45) is 11.5 Å². The molecule has 21 nitrogen and oxygen atoms in total. The van der Waals surface area contributed by atoms with Gasteiger partial charge in [-0.05, 0) is 55.0 Å². The van der Waals surface area contributed by atoms with Crippen LogP contribution in [-0.2, 0) is 62.4 Å². The number of primary amides is 1. The minimum absolute atomic E-state index is 0.0116. The number of nitrogens with one attached hydrogen (secondary N) is 6. The second-order valence-corrected chi connectivity index (χ2v) is 17.6. The standard InChI is InChI=1S/C46H57N9O12S/c1-25(57)38-44(65)50-32(22-37(48)59)41(62)49-31(20-26-9-4-2-5-10-26)40(61)51-33(21-27-11-6-3-7-12-27)46(67)68-24-35(42(63)54-38)53-43(64)36-13-8-18-55(36)45(66)34(23-56)52-39(60)30(47)19-28-14-16-29(58)17-15-28/h2-7,9-12,14-17,25,30-36,38,56-58H,8,13,18-24,47H2,1H3,(H2,48,59)(H,49,62)(H,50,65)(H,51,61)(H,52,60)(H,53,64)(H,54,63)/t25-,30+,31+,32+,33+,34+,35+,36+,38+/m1/s1. The molecule has 2 aliphatic rings. The van der Waals surface area contributed by atoms with Gasteiger partial charge in [-0.25, -0.2) is 0 Å². The number of hydrogen-bond acceptors (Lipinski definition) is 14. The number of hydrogen-bond donors (Lipinski definition) is 11. The van der Waals surface area contributed by atoms with Crippen LogP contribution in [0, 0.1) is 0 Å². The second-order valence-electron chi connectivity index (χ2n) is 16.6. The Balaban J connectivity index is 1.42. The van der Waals surface area contributed by atoms with Crippen LogP contribution in [0.25, 0.3) is 0 Å². The summed E-state index contributed by atoms with van der Waals surface area (Å²) in [5, 5.41) is 44.8. The fraction of sp³-hybridized carbons (Fsp3) is 0.413. The number of nitrogens with zero attached hydrogens (tertiary/aromatic N) is 1. The molecule has 22 heteroatoms. The highest BCUT2D eigenvalue weighted by atomic mass is 32.2. The van der Waals surface area contributed by atoms with E-state index in [0.717, 1.165) is 11.8 Å². The van der Waals surface area contributed by atoms with E-state index in [1.54, 1.807) is 72.8 Å². The monoisotopic (exact) mass is 959 g/mol. The van der Waals surface area contributed by atoms with Gasteiger partial charge in [0.25, 0.3) is 0 Å². The topological polar surface area (TPSA) is 342 Å². The van der Waals surface area contributed by atoms with E-state index in [1.165, 1.54) is 12.1 Å². The molecule has 5 rings (SSSR count). The van der Waals surface area contributed by atoms with Gasteiger partial charge < -0.3 is 63.6 Å². The molecule has 68 heavy (non-hydrogen) atoms. The first-order valence-corrected chi connectivity index (χ1v) is 22.9. The molecule has 9 atom stereocenters. The number of nitrogens with two attached hydrogens (primary N) is 2. The highest BCUT2D eigenvalue weighted by Crippen LogP contribution is 2.21. The van der Waals surface area contributed by atoms with Crippen LogP contribution in [-0.4, -0.2) is 146 Å². The number of likely N-dealkylation sites (tertiary alicyclic amines) is 1. The lowest BCUT2D eigenvalue weighted by Crippen LogP contribution is -2.63. The molecule has 2 aliphatic heterocycles. The maximum absolute atomic E-state index is 14.2. The quantitative estimate of drug-likeness (QED) is 0.0732. The molecule has 2 fully saturated rings. The summed E-state index contributed by atoms with van der Waals surface area (Å²) < 4.78 is 0. The van der Waals surface area contributed by atoms with Crippen molar-refractivity contribution in [1.29, 1.82) is 0 Å². The highest BCUT2D eigenvalue weighted by molar-refractivity contribution is 8.13. The fourth-order valence-corrected chi connectivity index (χ4v) is 8.55. The summed E-state index contributed by atoms with van der Waals surface area (Å²) in [5.41, 5.74) is 13.4. The van der Waals surface area contributed by atoms with Crippen molar-refractivity contribution in [3.8, 4) is 5.75 Å². The molecule has 0 aromatic heterocycles. The zero-order valence-electron chi connectivity index (χ0n) is 37.2. The molecule has 0 aliphatic carbocycles. The van der Waals surface area contributed by atoms with Gasteiger partial charge in [0.15, 0.2) is 0 Å². The van der Waals surface area contributed by atoms with E-state index in [-0.39, 0.29) is 38.0 Å². The van der Waals surface area contributed by atoms with E-state index in [4.69, 9.17) is 11.5 Å². The first-order chi connectivity index (χ1) is 32.4. The van der Waals surface area contributed by atoms with Crippen molar-refractivity contribution in [2.75, 3.05) is 18.9 Å². The maximum Gasteiger partial charge on any atom is 0.248 e. The number of aromatic hydroxyl groups is 1. The summed E-state index contributed by atoms with van der Waals surface area (Å²) in [6.07, 6.45) is -2.11. The lowest BCUT2D eigenvalue weighted by Gasteiger charge is -2.31. The van der Waals surface area contributed by atoms with Crippen LogP contribution in [0.3, 0.4) is 0 Å². The van der Waals surface area contributed by atoms with Gasteiger partial charge in [-0.3, -0.25) is 43.2 Å². The van der Waals surface area contributed by atoms with Gasteiger partial charge in [0.05, 0.1) is 25.2 Å². The van der Waals surface area contributed by atoms with Crippen LogP contribution in [0.4, 0.5) is 0 Å². The van der Waals surface area contributed by atoms with Crippen LogP contribution < -0.4 is 43.4 Å². The van der Waals surface area contributed by atoms with Crippen molar-refractivity contribution in [1.82, 2.24) is 36.8 Å². The highest BCUT2D eigenvalue weighted by Gasteiger charge is 2.41. The summed E-state index contributed by atoms with van der Waals surface area (Å²) >= 11 is 0.571. The number of benzene rings is 3. The van der Waals surface area contributed by atoms with Crippen molar-refractivity contribution in [2.45, 2.75) is 99.9 Å². The normalized spacial score (nSPS) is 23.2. The molecule has 3 aromatic rings. The maximum atomic E-state index is 14.2. The van der Waals surface area contributed by atoms with Gasteiger partial charge in [-0.2, -0.15) is 0 Å². The molecular weight excluding hydrogens is 903 g/mol. The Morgan fingerprint density at radius 3 is 1.94 bits per heavy atom. The number of aliphatic hydroxyl groups excluding tert-OH is 2. The minimum Gasteiger partial charge on any atom is -0.508 e. The van der Waals surface area contributed by atoms with E-state index in [0.29, 0.717) is 34.9 Å². The predicted molar refractivity (Wildman–Crippen MR) is 246 cm³/mol. The Morgan fingerprint density at radius 2 is 1.35 bits per heavy atom. The van der Waals surface area contributed by atoms with Gasteiger partial charge >= 0.3 is 0 Å². The average molecular weight is 960 g/mol. The molecule has 2 saturated heterocycles. The van der Waals surface area contributed by atoms with Crippen LogP contribution in [0.2, 0.25) is 0 Å². The average Bonchev–Trinajstić information content (AvgIpc) is 3.81. The Labute approximate surface area is 395 Å². The summed E-state index contributed by atoms with van der Waals surface area (Å²) in [6, 6.07) is 11.5. The molecular formula is C46H57N9O12S. The third-order valence-corrected chi connectivity index (χ3v) is 12.4. The molecule has 8 amide bonds. The van der Waals surface area contributed by atoms with Gasteiger partial charge in [-0.1, -0.05) is 84.6 Å². The minimum atomic E-state index is -1.81. The summed E-state index contributed by atoms with van der Waals surface area (Å²) in [7, 11) is 0. The van der Waals surface area contributed by atoms with E-state index in [2.05, 4.69) is 31.9 Å². The van der Waals surface area contributed by atoms with Crippen LogP contribution in [0.15, 0.2) is 84.9 Å². The molecule has 0 saturated carbocycles. The number of amides is 8. The van der Waals surface area contributed by atoms with Crippen LogP contribution in [0.1, 0.15) is 42.9 Å². The Morgan fingerprint density at radius 1 is 0.779 bits per heavy atom. The first-order valence-electron chi connectivity index (χ1n) is 21.9. The number of aliphatic hydroxyl groups is 2. The van der Waals surface area contributed by atoms with Gasteiger partial charge in [0, 0.05) is 25.1 Å². The van der Waals surface area contributed by atoms with E-state index in [9.17, 15) is 58.5 Å². The molecule has 364 valence electrons. The molecule has 0 unspecified atom stereocenters. The SMILES string of the molecule is C[C@@H](O)[C@@H]1NC(=O)[C@@H](NC(=O)[C@@H]2CCCN2C(=O)[C@H](CO)NC(=O)[C@@H](N)Cc2ccc(O)cc2)CSC(=O)[C@H](Cc2ccccc2)NC(=O)[C@H](Cc2ccccc2)NC(=O)[C@H](CC(N)=O)NC1=O. The molecule has 2 heterocycles. The largest absolute Gasteiger partial charge is 0.508 e. The van der Waals surface area contributed by atoms with Gasteiger partial charge in [-0.15, -0.1) is 0 Å². The molecule has 0 spiro atoms. The van der Waals surface area contributed by atoms with Gasteiger partial charge in [0.2, 0.25) is 52.4 Å². The Bertz CT molecular complexity index is 2290. The number of carbonyl (C=O) groups excluding carboxylic acids is 9. The number of phenolic OH excluding ortho intramolecular Hbond substituents is 1. The lowest BCUT2D eigenvalue weighted by molar-refractivity contribution is -0.143. The number of rotatable bonds is 15. The first kappa shape index (κ1) is 52.1. The Hall–Kier alpha value is -6.88. The zero-order valence-corrected chi connectivity index (χ0v) is 38.0.